The van der Waals surface area contributed by atoms with Crippen LogP contribution in [0.5, 0.6) is 17.2 Å². The molecule has 0 N–H and O–H groups in total. The number of benzene rings is 4. The fourth-order valence-corrected chi connectivity index (χ4v) is 5.01. The normalized spacial score (nSPS) is 19.7. The first-order valence-electron chi connectivity index (χ1n) is 15.5. The zero-order valence-electron chi connectivity index (χ0n) is 27.3. The van der Waals surface area contributed by atoms with Crippen molar-refractivity contribution in [1.82, 2.24) is 0 Å². The Labute approximate surface area is 283 Å². The Kier molecular flexibility index (Phi) is 12.5. The fourth-order valence-electron chi connectivity index (χ4n) is 5.01. The summed E-state index contributed by atoms with van der Waals surface area (Å²) in [5.41, 5.74) is 2.45. The predicted molar refractivity (Wildman–Crippen MR) is 175 cm³/mol. The van der Waals surface area contributed by atoms with E-state index in [1.807, 2.05) is 36.4 Å². The first-order chi connectivity index (χ1) is 23.7. The molecule has 0 radical (unpaired) electrons. The van der Waals surface area contributed by atoms with E-state index >= 15 is 0 Å². The number of para-hydroxylation sites is 1. The highest BCUT2D eigenvalue weighted by Gasteiger charge is 2.48. The lowest BCUT2D eigenvalue weighted by atomic mass is 10.0. The summed E-state index contributed by atoms with van der Waals surface area (Å²) in [6, 6.07) is 29.4. The molecule has 0 aromatic heterocycles. The summed E-state index contributed by atoms with van der Waals surface area (Å²) in [4.78, 5) is 3.77. The summed E-state index contributed by atoms with van der Waals surface area (Å²) >= 11 is 0. The van der Waals surface area contributed by atoms with Crippen LogP contribution in [0.15, 0.2) is 108 Å². The number of hydrogen-bond donors (Lipinski definition) is 0. The van der Waals surface area contributed by atoms with Crippen LogP contribution in [-0.2, 0) is 43.5 Å². The Hall–Kier alpha value is -4.62. The van der Waals surface area contributed by atoms with E-state index in [2.05, 4.69) is 4.99 Å². The van der Waals surface area contributed by atoms with E-state index in [1.54, 1.807) is 75.9 Å². The summed E-state index contributed by atoms with van der Waals surface area (Å²) in [7, 11) is 4.70. The van der Waals surface area contributed by atoms with E-state index in [1.165, 1.54) is 12.1 Å². The van der Waals surface area contributed by atoms with Crippen molar-refractivity contribution in [3.05, 3.63) is 120 Å². The molecule has 4 aromatic rings. The fraction of sp³-hybridized carbons (Fsp3) is 0.324. The summed E-state index contributed by atoms with van der Waals surface area (Å²) in [6.45, 7) is 0.117. The van der Waals surface area contributed by atoms with Crippen molar-refractivity contribution < 1.29 is 51.1 Å². The molecule has 9 nitrogen and oxygen atoms in total. The molecule has 0 bridgehead atoms. The molecule has 1 saturated heterocycles. The molecule has 0 spiro atoms. The highest BCUT2D eigenvalue weighted by molar-refractivity contribution is 5.84. The van der Waals surface area contributed by atoms with E-state index in [0.29, 0.717) is 17.2 Å². The Morgan fingerprint density at radius 2 is 1.08 bits per heavy atom. The van der Waals surface area contributed by atoms with Crippen molar-refractivity contribution in [2.45, 2.75) is 50.6 Å². The van der Waals surface area contributed by atoms with Gasteiger partial charge in [-0.15, -0.1) is 0 Å². The van der Waals surface area contributed by atoms with E-state index in [-0.39, 0.29) is 32.1 Å². The average molecular weight is 682 g/mol. The monoisotopic (exact) mass is 681 g/mol. The minimum absolute atomic E-state index is 0.00263. The van der Waals surface area contributed by atoms with Gasteiger partial charge >= 0.3 is 6.18 Å². The molecule has 4 atom stereocenters. The minimum Gasteiger partial charge on any atom is -0.497 e. The second-order valence-corrected chi connectivity index (χ2v) is 11.0. The molecule has 12 heteroatoms. The third-order valence-corrected chi connectivity index (χ3v) is 7.67. The van der Waals surface area contributed by atoms with Crippen LogP contribution >= 0.6 is 0 Å². The molecule has 0 saturated carbocycles. The van der Waals surface area contributed by atoms with Crippen LogP contribution in [0.25, 0.3) is 0 Å². The summed E-state index contributed by atoms with van der Waals surface area (Å²) in [5, 5.41) is 0. The number of halogens is 3. The Balaban J connectivity index is 1.45. The molecule has 49 heavy (non-hydrogen) atoms. The summed E-state index contributed by atoms with van der Waals surface area (Å²) in [5.74, 6) is 0.524. The molecular weight excluding hydrogens is 643 g/mol. The van der Waals surface area contributed by atoms with Crippen molar-refractivity contribution in [2.24, 2.45) is 4.99 Å². The quantitative estimate of drug-likeness (QED) is 0.100. The lowest BCUT2D eigenvalue weighted by molar-refractivity contribution is -0.286. The molecule has 1 heterocycles. The number of hydrogen-bond acceptors (Lipinski definition) is 9. The minimum atomic E-state index is -4.93. The summed E-state index contributed by atoms with van der Waals surface area (Å²) < 4.78 is 89.3. The zero-order chi connectivity index (χ0) is 34.6. The summed E-state index contributed by atoms with van der Waals surface area (Å²) in [6.07, 6.45) is -9.34. The highest BCUT2D eigenvalue weighted by atomic mass is 19.4. The maximum absolute atomic E-state index is 14.3. The molecule has 4 aromatic carbocycles. The van der Waals surface area contributed by atoms with Crippen LogP contribution in [0.4, 0.5) is 18.9 Å². The smallest absolute Gasteiger partial charge is 0.468 e. The van der Waals surface area contributed by atoms with Gasteiger partial charge in [0.2, 0.25) is 6.29 Å². The lowest BCUT2D eigenvalue weighted by Crippen LogP contribution is -2.57. The van der Waals surface area contributed by atoms with Crippen LogP contribution in [0.3, 0.4) is 0 Å². The van der Waals surface area contributed by atoms with Gasteiger partial charge in [0.15, 0.2) is 0 Å². The van der Waals surface area contributed by atoms with Gasteiger partial charge < -0.3 is 37.9 Å². The van der Waals surface area contributed by atoms with E-state index in [9.17, 15) is 13.2 Å². The number of rotatable bonds is 14. The van der Waals surface area contributed by atoms with E-state index in [0.717, 1.165) is 16.7 Å². The van der Waals surface area contributed by atoms with Gasteiger partial charge in [0.05, 0.1) is 53.4 Å². The third kappa shape index (κ3) is 10.2. The van der Waals surface area contributed by atoms with Gasteiger partial charge in [-0.1, -0.05) is 54.6 Å². The number of aliphatic imine (C=N–C) groups is 1. The predicted octanol–water partition coefficient (Wildman–Crippen LogP) is 7.43. The molecule has 1 aliphatic heterocycles. The second kappa shape index (κ2) is 17.2. The lowest BCUT2D eigenvalue weighted by Gasteiger charge is -2.41. The Bertz CT molecular complexity index is 1600. The second-order valence-electron chi connectivity index (χ2n) is 11.0. The maximum Gasteiger partial charge on any atom is 0.468 e. The van der Waals surface area contributed by atoms with Crippen LogP contribution in [0, 0.1) is 0 Å². The van der Waals surface area contributed by atoms with Crippen molar-refractivity contribution in [3.8, 4) is 17.2 Å². The Morgan fingerprint density at radius 1 is 0.633 bits per heavy atom. The number of alkyl halides is 3. The van der Waals surface area contributed by atoms with Gasteiger partial charge in [-0.05, 0) is 65.2 Å². The van der Waals surface area contributed by atoms with Gasteiger partial charge in [0.1, 0.15) is 35.6 Å². The molecule has 1 aliphatic rings. The van der Waals surface area contributed by atoms with Crippen molar-refractivity contribution in [3.63, 3.8) is 0 Å². The zero-order valence-corrected chi connectivity index (χ0v) is 27.3. The standard InChI is InChI=1S/C37H38F3NO8/c1-42-29-15-9-25(10-16-29)21-45-32-24-48-35(49-36(37(38,39)40)41-28-7-5-4-6-8-28)34(47-23-27-13-19-31(44-3)20-14-27)33(32)46-22-26-11-17-30(43-2)18-12-26/h4-20,32-35H,21-24H2,1-3H3/b41-36+. The number of nitrogens with zero attached hydrogens (tertiary/aromatic N) is 1. The van der Waals surface area contributed by atoms with Gasteiger partial charge in [-0.2, -0.15) is 13.2 Å². The first kappa shape index (κ1) is 35.7. The highest BCUT2D eigenvalue weighted by Crippen LogP contribution is 2.31. The molecule has 1 fully saturated rings. The molecule has 0 aliphatic carbocycles. The Morgan fingerprint density at radius 3 is 1.53 bits per heavy atom. The van der Waals surface area contributed by atoms with Crippen LogP contribution in [0.1, 0.15) is 16.7 Å². The first-order valence-corrected chi connectivity index (χ1v) is 15.5. The van der Waals surface area contributed by atoms with Gasteiger partial charge in [-0.25, -0.2) is 4.99 Å². The SMILES string of the molecule is COc1ccc(COC2COC(O/C(=N/c3ccccc3)C(F)(F)F)C(OCc3ccc(OC)cc3)C2OCc2ccc(OC)cc2)cc1. The van der Waals surface area contributed by atoms with Crippen LogP contribution in [0.2, 0.25) is 0 Å². The van der Waals surface area contributed by atoms with E-state index < -0.39 is 36.7 Å². The molecule has 5 rings (SSSR count). The maximum atomic E-state index is 14.3. The van der Waals surface area contributed by atoms with Crippen molar-refractivity contribution in [1.29, 1.82) is 0 Å². The average Bonchev–Trinajstić information content (AvgIpc) is 3.13. The van der Waals surface area contributed by atoms with Crippen LogP contribution < -0.4 is 14.2 Å². The molecule has 260 valence electrons. The third-order valence-electron chi connectivity index (χ3n) is 7.67. The number of methoxy groups -OCH3 is 3. The molecule has 0 amide bonds. The van der Waals surface area contributed by atoms with E-state index in [4.69, 9.17) is 37.9 Å². The molecule has 4 unspecified atom stereocenters. The van der Waals surface area contributed by atoms with Gasteiger partial charge in [0.25, 0.3) is 5.90 Å². The number of ether oxygens (including phenoxy) is 8. The van der Waals surface area contributed by atoms with Crippen molar-refractivity contribution in [2.75, 3.05) is 27.9 Å². The topological polar surface area (TPSA) is 86.2 Å². The van der Waals surface area contributed by atoms with Gasteiger partial charge in [0, 0.05) is 0 Å². The largest absolute Gasteiger partial charge is 0.497 e. The molecular formula is C37H38F3NO8. The van der Waals surface area contributed by atoms with Crippen LogP contribution in [-0.4, -0.2) is 64.6 Å². The van der Waals surface area contributed by atoms with Gasteiger partial charge in [-0.3, -0.25) is 0 Å². The van der Waals surface area contributed by atoms with Crippen molar-refractivity contribution >= 4 is 11.6 Å².